The minimum Gasteiger partial charge on any atom is -0.322 e. The molecule has 3 rings (SSSR count). The zero-order chi connectivity index (χ0) is 19.7. The second-order valence-electron chi connectivity index (χ2n) is 5.68. The van der Waals surface area contributed by atoms with Crippen molar-refractivity contribution in [3.05, 3.63) is 64.7 Å². The number of nitrogens with zero attached hydrogens (tertiary/aromatic N) is 4. The molecule has 0 spiro atoms. The van der Waals surface area contributed by atoms with Crippen molar-refractivity contribution >= 4 is 23.2 Å². The Morgan fingerprint density at radius 2 is 1.89 bits per heavy atom. The summed E-state index contributed by atoms with van der Waals surface area (Å²) in [6, 6.07) is -0.418. The van der Waals surface area contributed by atoms with Gasteiger partial charge in [-0.1, -0.05) is 11.6 Å². The van der Waals surface area contributed by atoms with E-state index in [1.165, 1.54) is 29.5 Å². The molecule has 0 fully saturated rings. The molecule has 2 heterocycles. The van der Waals surface area contributed by atoms with Gasteiger partial charge in [0.15, 0.2) is 17.5 Å². The molecule has 1 N–H and O–H groups in total. The lowest BCUT2D eigenvalue weighted by molar-refractivity contribution is -0.119. The summed E-state index contributed by atoms with van der Waals surface area (Å²) in [5, 5.41) is 10.7. The van der Waals surface area contributed by atoms with Crippen molar-refractivity contribution in [2.75, 3.05) is 5.32 Å². The molecule has 142 valence electrons. The Balaban J connectivity index is 1.72. The molecule has 1 atom stereocenters. The summed E-state index contributed by atoms with van der Waals surface area (Å²) in [6.07, 6.45) is 5.40. The summed E-state index contributed by atoms with van der Waals surface area (Å²) >= 11 is 5.76. The first-order valence-electron chi connectivity index (χ1n) is 7.61. The molecule has 0 radical (unpaired) electrons. The molecular formula is C16H12ClF4N5O. The van der Waals surface area contributed by atoms with E-state index in [2.05, 4.69) is 15.5 Å². The molecule has 3 aromatic rings. The van der Waals surface area contributed by atoms with E-state index in [1.807, 2.05) is 0 Å². The molecule has 1 amide bonds. The fourth-order valence-corrected chi connectivity index (χ4v) is 2.46. The number of benzene rings is 1. The van der Waals surface area contributed by atoms with E-state index in [-0.39, 0.29) is 11.8 Å². The van der Waals surface area contributed by atoms with Gasteiger partial charge in [-0.15, -0.1) is 0 Å². The number of anilines is 1. The minimum atomic E-state index is -1.77. The number of amides is 1. The number of hydrogen-bond acceptors (Lipinski definition) is 3. The van der Waals surface area contributed by atoms with E-state index in [4.69, 9.17) is 11.6 Å². The van der Waals surface area contributed by atoms with Crippen LogP contribution in [-0.2, 0) is 11.3 Å². The Morgan fingerprint density at radius 1 is 1.15 bits per heavy atom. The molecule has 0 bridgehead atoms. The molecule has 0 aliphatic heterocycles. The molecule has 0 aliphatic carbocycles. The molecule has 1 unspecified atom stereocenters. The standard InChI is InChI=1S/C16H12ClF4N5O/c1-8(26-5-9(17)3-23-26)16(27)24-10-4-22-25(6-10)7-11-12(18)2-13(19)15(21)14(11)20/h2-6,8H,7H2,1H3,(H,24,27). The van der Waals surface area contributed by atoms with Crippen LogP contribution in [0.15, 0.2) is 30.9 Å². The summed E-state index contributed by atoms with van der Waals surface area (Å²) < 4.78 is 56.1. The molecule has 2 aromatic heterocycles. The lowest BCUT2D eigenvalue weighted by atomic mass is 10.2. The zero-order valence-corrected chi connectivity index (χ0v) is 14.5. The molecule has 0 aliphatic rings. The largest absolute Gasteiger partial charge is 0.322 e. The quantitative estimate of drug-likeness (QED) is 0.404. The van der Waals surface area contributed by atoms with Gasteiger partial charge in [0.2, 0.25) is 5.91 Å². The van der Waals surface area contributed by atoms with Crippen molar-refractivity contribution in [1.29, 1.82) is 0 Å². The van der Waals surface area contributed by atoms with Crippen LogP contribution in [-0.4, -0.2) is 25.5 Å². The molecule has 1 aromatic carbocycles. The molecule has 0 saturated heterocycles. The summed E-state index contributed by atoms with van der Waals surface area (Å²) in [5.41, 5.74) is -0.442. The zero-order valence-electron chi connectivity index (χ0n) is 13.8. The molecule has 0 saturated carbocycles. The van der Waals surface area contributed by atoms with Crippen molar-refractivity contribution in [1.82, 2.24) is 19.6 Å². The third kappa shape index (κ3) is 3.95. The normalized spacial score (nSPS) is 12.2. The number of hydrogen-bond donors (Lipinski definition) is 1. The Hall–Kier alpha value is -2.88. The van der Waals surface area contributed by atoms with Crippen LogP contribution in [0, 0.1) is 23.3 Å². The number of carbonyl (C=O) groups excluding carboxylic acids is 1. The number of carbonyl (C=O) groups is 1. The van der Waals surface area contributed by atoms with E-state index in [9.17, 15) is 22.4 Å². The molecule has 27 heavy (non-hydrogen) atoms. The number of rotatable bonds is 5. The van der Waals surface area contributed by atoms with Crippen molar-refractivity contribution in [3.63, 3.8) is 0 Å². The van der Waals surface area contributed by atoms with Crippen LogP contribution in [0.25, 0.3) is 0 Å². The Bertz CT molecular complexity index is 1000. The Kier molecular flexibility index (Phi) is 5.17. The monoisotopic (exact) mass is 401 g/mol. The highest BCUT2D eigenvalue weighted by Gasteiger charge is 2.20. The van der Waals surface area contributed by atoms with Crippen LogP contribution in [0.2, 0.25) is 5.02 Å². The van der Waals surface area contributed by atoms with Gasteiger partial charge in [-0.25, -0.2) is 17.6 Å². The number of halogens is 5. The lowest BCUT2D eigenvalue weighted by Gasteiger charge is -2.11. The smallest absolute Gasteiger partial charge is 0.249 e. The first-order chi connectivity index (χ1) is 12.8. The molecular weight excluding hydrogens is 390 g/mol. The van der Waals surface area contributed by atoms with Gasteiger partial charge in [0, 0.05) is 24.0 Å². The SMILES string of the molecule is CC(C(=O)Nc1cnn(Cc2c(F)cc(F)c(F)c2F)c1)n1cc(Cl)cn1. The van der Waals surface area contributed by atoms with E-state index in [0.717, 1.165) is 4.68 Å². The van der Waals surface area contributed by atoms with E-state index in [0.29, 0.717) is 5.02 Å². The predicted octanol–water partition coefficient (Wildman–Crippen LogP) is 3.54. The Labute approximate surface area is 155 Å². The maximum Gasteiger partial charge on any atom is 0.249 e. The van der Waals surface area contributed by atoms with Gasteiger partial charge in [0.05, 0.1) is 29.6 Å². The third-order valence-electron chi connectivity index (χ3n) is 3.78. The summed E-state index contributed by atoms with van der Waals surface area (Å²) in [4.78, 5) is 12.2. The van der Waals surface area contributed by atoms with Crippen LogP contribution < -0.4 is 5.32 Å². The number of nitrogens with one attached hydrogen (secondary N) is 1. The third-order valence-corrected chi connectivity index (χ3v) is 3.97. The van der Waals surface area contributed by atoms with Crippen molar-refractivity contribution in [3.8, 4) is 0 Å². The van der Waals surface area contributed by atoms with Crippen molar-refractivity contribution in [2.24, 2.45) is 0 Å². The van der Waals surface area contributed by atoms with Gasteiger partial charge in [-0.05, 0) is 6.92 Å². The predicted molar refractivity (Wildman–Crippen MR) is 88.2 cm³/mol. The highest BCUT2D eigenvalue weighted by molar-refractivity contribution is 6.30. The second kappa shape index (κ2) is 7.39. The van der Waals surface area contributed by atoms with E-state index in [1.54, 1.807) is 6.92 Å². The maximum atomic E-state index is 13.7. The van der Waals surface area contributed by atoms with Crippen LogP contribution >= 0.6 is 11.6 Å². The van der Waals surface area contributed by atoms with Crippen LogP contribution in [0.5, 0.6) is 0 Å². The van der Waals surface area contributed by atoms with Crippen molar-refractivity contribution in [2.45, 2.75) is 19.5 Å². The van der Waals surface area contributed by atoms with Crippen molar-refractivity contribution < 1.29 is 22.4 Å². The maximum absolute atomic E-state index is 13.7. The highest BCUT2D eigenvalue weighted by Crippen LogP contribution is 2.21. The number of aromatic nitrogens is 4. The first-order valence-corrected chi connectivity index (χ1v) is 7.99. The van der Waals surface area contributed by atoms with Gasteiger partial charge in [0.25, 0.3) is 0 Å². The van der Waals surface area contributed by atoms with Crippen LogP contribution in [0.3, 0.4) is 0 Å². The Morgan fingerprint density at radius 3 is 2.56 bits per heavy atom. The topological polar surface area (TPSA) is 64.7 Å². The van der Waals surface area contributed by atoms with Crippen LogP contribution in [0.1, 0.15) is 18.5 Å². The fraction of sp³-hybridized carbons (Fsp3) is 0.188. The average Bonchev–Trinajstić information content (AvgIpc) is 3.25. The lowest BCUT2D eigenvalue weighted by Crippen LogP contribution is -2.23. The summed E-state index contributed by atoms with van der Waals surface area (Å²) in [6.45, 7) is 1.10. The van der Waals surface area contributed by atoms with E-state index < -0.39 is 47.3 Å². The van der Waals surface area contributed by atoms with Gasteiger partial charge in [-0.3, -0.25) is 14.2 Å². The fourth-order valence-electron chi connectivity index (χ4n) is 2.32. The molecule has 11 heteroatoms. The van der Waals surface area contributed by atoms with Gasteiger partial charge in [0.1, 0.15) is 11.9 Å². The van der Waals surface area contributed by atoms with Crippen LogP contribution in [0.4, 0.5) is 23.2 Å². The summed E-state index contributed by atoms with van der Waals surface area (Å²) in [7, 11) is 0. The van der Waals surface area contributed by atoms with Gasteiger partial charge < -0.3 is 5.32 Å². The highest BCUT2D eigenvalue weighted by atomic mass is 35.5. The summed E-state index contributed by atoms with van der Waals surface area (Å²) in [5.74, 6) is -6.68. The average molecular weight is 402 g/mol. The molecule has 6 nitrogen and oxygen atoms in total. The van der Waals surface area contributed by atoms with Gasteiger partial charge in [-0.2, -0.15) is 10.2 Å². The van der Waals surface area contributed by atoms with Gasteiger partial charge >= 0.3 is 0 Å². The minimum absolute atomic E-state index is 0.244. The first kappa shape index (κ1) is 18.9. The second-order valence-corrected chi connectivity index (χ2v) is 6.11. The van der Waals surface area contributed by atoms with E-state index >= 15 is 0 Å².